The molecule has 0 N–H and O–H groups in total. The third kappa shape index (κ3) is 4.76. The average Bonchev–Trinajstić information content (AvgIpc) is 2.99. The van der Waals surface area contributed by atoms with Crippen LogP contribution in [-0.4, -0.2) is 52.6 Å². The summed E-state index contributed by atoms with van der Waals surface area (Å²) in [7, 11) is 1.50. The summed E-state index contributed by atoms with van der Waals surface area (Å²) in [5, 5.41) is 0. The lowest BCUT2D eigenvalue weighted by Crippen LogP contribution is -2.50. The van der Waals surface area contributed by atoms with Gasteiger partial charge in [-0.1, -0.05) is 24.3 Å². The van der Waals surface area contributed by atoms with Crippen LogP contribution in [0.2, 0.25) is 0 Å². The minimum Gasteiger partial charge on any atom is -0.340 e. The second-order valence-corrected chi connectivity index (χ2v) is 8.20. The van der Waals surface area contributed by atoms with Gasteiger partial charge in [0.15, 0.2) is 0 Å². The van der Waals surface area contributed by atoms with Gasteiger partial charge in [0.1, 0.15) is 6.04 Å². The van der Waals surface area contributed by atoms with Gasteiger partial charge in [-0.25, -0.2) is 0 Å². The fraction of sp³-hybridized carbons (Fsp3) is 0.318. The van der Waals surface area contributed by atoms with Crippen LogP contribution in [-0.2, 0) is 17.5 Å². The number of imide groups is 1. The van der Waals surface area contributed by atoms with Gasteiger partial charge < -0.3 is 4.90 Å². The summed E-state index contributed by atoms with van der Waals surface area (Å²) in [6, 6.07) is 9.98. The molecule has 164 valence electrons. The van der Waals surface area contributed by atoms with Crippen molar-refractivity contribution >= 4 is 29.5 Å². The summed E-state index contributed by atoms with van der Waals surface area (Å²) in [5.41, 5.74) is 0.267. The molecule has 9 heteroatoms. The molecule has 5 nitrogen and oxygen atoms in total. The number of hydrogen-bond acceptors (Lipinski definition) is 4. The minimum absolute atomic E-state index is 0.0515. The van der Waals surface area contributed by atoms with Crippen molar-refractivity contribution in [3.8, 4) is 0 Å². The molecule has 2 aromatic carbocycles. The Morgan fingerprint density at radius 1 is 1.03 bits per heavy atom. The van der Waals surface area contributed by atoms with Crippen LogP contribution < -0.4 is 0 Å². The van der Waals surface area contributed by atoms with Crippen LogP contribution in [0.4, 0.5) is 13.2 Å². The molecule has 0 aromatic heterocycles. The zero-order valence-corrected chi connectivity index (χ0v) is 17.8. The highest BCUT2D eigenvalue weighted by Crippen LogP contribution is 2.30. The number of amides is 3. The van der Waals surface area contributed by atoms with Gasteiger partial charge in [0, 0.05) is 13.6 Å². The van der Waals surface area contributed by atoms with Crippen molar-refractivity contribution < 1.29 is 27.6 Å². The van der Waals surface area contributed by atoms with Crippen LogP contribution in [0.1, 0.15) is 38.3 Å². The Morgan fingerprint density at radius 3 is 2.06 bits per heavy atom. The molecular formula is C22H21F3N2O3S. The van der Waals surface area contributed by atoms with Crippen molar-refractivity contribution in [3.05, 3.63) is 70.8 Å². The molecule has 0 bridgehead atoms. The van der Waals surface area contributed by atoms with E-state index in [2.05, 4.69) is 0 Å². The molecule has 1 unspecified atom stereocenters. The number of benzene rings is 2. The quantitative estimate of drug-likeness (QED) is 0.597. The fourth-order valence-electron chi connectivity index (χ4n) is 3.49. The van der Waals surface area contributed by atoms with Crippen LogP contribution in [0.25, 0.3) is 0 Å². The highest BCUT2D eigenvalue weighted by Gasteiger charge is 2.43. The predicted molar refractivity (Wildman–Crippen MR) is 112 cm³/mol. The summed E-state index contributed by atoms with van der Waals surface area (Å²) in [5.74, 6) is -0.910. The van der Waals surface area contributed by atoms with Crippen LogP contribution >= 0.6 is 11.8 Å². The third-order valence-electron chi connectivity index (χ3n) is 5.09. The largest absolute Gasteiger partial charge is 0.416 e. The van der Waals surface area contributed by atoms with Gasteiger partial charge in [-0.05, 0) is 48.3 Å². The van der Waals surface area contributed by atoms with Gasteiger partial charge in [-0.2, -0.15) is 24.9 Å². The maximum atomic E-state index is 13.2. The van der Waals surface area contributed by atoms with Crippen molar-refractivity contribution in [2.45, 2.75) is 25.2 Å². The molecule has 1 aliphatic rings. The average molecular weight is 450 g/mol. The van der Waals surface area contributed by atoms with Crippen molar-refractivity contribution in [2.75, 3.05) is 19.1 Å². The molecule has 0 saturated heterocycles. The molecule has 3 amide bonds. The van der Waals surface area contributed by atoms with Crippen LogP contribution in [0, 0.1) is 0 Å². The first-order valence-electron chi connectivity index (χ1n) is 9.52. The van der Waals surface area contributed by atoms with Crippen molar-refractivity contribution in [1.29, 1.82) is 0 Å². The van der Waals surface area contributed by atoms with E-state index in [-0.39, 0.29) is 24.1 Å². The highest BCUT2D eigenvalue weighted by molar-refractivity contribution is 7.98. The van der Waals surface area contributed by atoms with Crippen molar-refractivity contribution in [1.82, 2.24) is 9.80 Å². The molecule has 0 saturated carbocycles. The summed E-state index contributed by atoms with van der Waals surface area (Å²) in [6.45, 7) is 0.0515. The number of carbonyl (C=O) groups excluding carboxylic acids is 3. The van der Waals surface area contributed by atoms with E-state index in [1.54, 1.807) is 24.3 Å². The molecule has 31 heavy (non-hydrogen) atoms. The first-order chi connectivity index (χ1) is 14.6. The van der Waals surface area contributed by atoms with Gasteiger partial charge in [-0.3, -0.25) is 19.3 Å². The number of halogens is 3. The number of alkyl halides is 3. The SMILES string of the molecule is CSCCC(C(=O)N(C)Cc1ccc(C(F)(F)F)cc1)N1C(=O)c2ccccc2C1=O. The lowest BCUT2D eigenvalue weighted by Gasteiger charge is -2.29. The monoisotopic (exact) mass is 450 g/mol. The Morgan fingerprint density at radius 2 is 1.58 bits per heavy atom. The van der Waals surface area contributed by atoms with Crippen molar-refractivity contribution in [2.24, 2.45) is 0 Å². The Labute approximate surface area is 182 Å². The number of likely N-dealkylation sites (N-methyl/N-ethyl adjacent to an activating group) is 1. The summed E-state index contributed by atoms with van der Waals surface area (Å²) in [4.78, 5) is 41.2. The predicted octanol–water partition coefficient (Wildman–Crippen LogP) is 4.08. The topological polar surface area (TPSA) is 57.7 Å². The van der Waals surface area contributed by atoms with E-state index in [9.17, 15) is 27.6 Å². The van der Waals surface area contributed by atoms with E-state index in [4.69, 9.17) is 0 Å². The number of fused-ring (bicyclic) bond motifs is 1. The summed E-state index contributed by atoms with van der Waals surface area (Å²) in [6.07, 6.45) is -2.30. The Hall–Kier alpha value is -2.81. The molecular weight excluding hydrogens is 429 g/mol. The molecule has 3 rings (SSSR count). The van der Waals surface area contributed by atoms with Crippen molar-refractivity contribution in [3.63, 3.8) is 0 Å². The molecule has 2 aromatic rings. The summed E-state index contributed by atoms with van der Waals surface area (Å²) < 4.78 is 38.3. The second kappa shape index (κ2) is 9.13. The molecule has 0 radical (unpaired) electrons. The van der Waals surface area contributed by atoms with Crippen LogP contribution in [0.15, 0.2) is 48.5 Å². The number of hydrogen-bond donors (Lipinski definition) is 0. The van der Waals surface area contributed by atoms with Gasteiger partial charge in [0.05, 0.1) is 16.7 Å². The molecule has 1 atom stereocenters. The van der Waals surface area contributed by atoms with Gasteiger partial charge in [0.2, 0.25) is 5.91 Å². The highest BCUT2D eigenvalue weighted by atomic mass is 32.2. The standard InChI is InChI=1S/C22H21F3N2O3S/c1-26(13-14-7-9-15(10-8-14)22(23,24)25)21(30)18(11-12-31-2)27-19(28)16-5-3-4-6-17(16)20(27)29/h3-10,18H,11-13H2,1-2H3. The Kier molecular flexibility index (Phi) is 6.74. The van der Waals surface area contributed by atoms with E-state index in [0.717, 1.165) is 17.0 Å². The van der Waals surface area contributed by atoms with Gasteiger partial charge >= 0.3 is 6.18 Å². The van der Waals surface area contributed by atoms with Crippen LogP contribution in [0.5, 0.6) is 0 Å². The third-order valence-corrected chi connectivity index (χ3v) is 5.74. The molecule has 1 heterocycles. The molecule has 1 aliphatic heterocycles. The number of carbonyl (C=O) groups is 3. The lowest BCUT2D eigenvalue weighted by atomic mass is 10.1. The maximum absolute atomic E-state index is 13.2. The minimum atomic E-state index is -4.44. The first kappa shape index (κ1) is 22.9. The molecule has 0 aliphatic carbocycles. The Balaban J connectivity index is 1.80. The smallest absolute Gasteiger partial charge is 0.340 e. The first-order valence-corrected chi connectivity index (χ1v) is 10.9. The molecule has 0 fully saturated rings. The number of thioether (sulfide) groups is 1. The number of rotatable bonds is 7. The maximum Gasteiger partial charge on any atom is 0.416 e. The van der Waals surface area contributed by atoms with Crippen LogP contribution in [0.3, 0.4) is 0 Å². The zero-order chi connectivity index (χ0) is 22.8. The van der Waals surface area contributed by atoms with E-state index in [0.29, 0.717) is 11.3 Å². The van der Waals surface area contributed by atoms with Gasteiger partial charge in [-0.15, -0.1) is 0 Å². The second-order valence-electron chi connectivity index (χ2n) is 7.21. The van der Waals surface area contributed by atoms with E-state index >= 15 is 0 Å². The Bertz CT molecular complexity index is 957. The normalized spacial score (nSPS) is 14.5. The van der Waals surface area contributed by atoms with E-state index in [1.165, 1.54) is 35.8 Å². The number of nitrogens with zero attached hydrogens (tertiary/aromatic N) is 2. The van der Waals surface area contributed by atoms with E-state index in [1.807, 2.05) is 6.26 Å². The van der Waals surface area contributed by atoms with Gasteiger partial charge in [0.25, 0.3) is 11.8 Å². The summed E-state index contributed by atoms with van der Waals surface area (Å²) >= 11 is 1.49. The molecule has 0 spiro atoms. The fourth-order valence-corrected chi connectivity index (χ4v) is 3.95. The van der Waals surface area contributed by atoms with E-state index < -0.39 is 35.5 Å². The zero-order valence-electron chi connectivity index (χ0n) is 17.0. The lowest BCUT2D eigenvalue weighted by molar-refractivity contribution is -0.137.